The smallest absolute Gasteiger partial charge is 0.274 e. The fraction of sp³-hybridized carbons (Fsp3) is 0.400. The van der Waals surface area contributed by atoms with E-state index in [2.05, 4.69) is 10.2 Å². The number of aromatic hydroxyl groups is 1. The number of pyridine rings is 1. The molecule has 3 heterocycles. The molecule has 2 aromatic heterocycles. The zero-order valence-electron chi connectivity index (χ0n) is 20.8. The zero-order valence-corrected chi connectivity index (χ0v) is 21.6. The number of fused-ring (bicyclic) bond motifs is 1. The van der Waals surface area contributed by atoms with Crippen molar-refractivity contribution < 1.29 is 19.1 Å². The standard InChI is InChI=1S/C25H28FN5O4S/c1-6-25(24(35)29(4)5)13-30(14(2)3)23(34)19-21(33)20(32)17(12-31(19)25)22-28-27-18(36-22)11-15-7-9-16(26)10-8-15/h7-10,12,14,33H,6,11,13H2,1-5H3/t25-/m1/s1. The quantitative estimate of drug-likeness (QED) is 0.543. The highest BCUT2D eigenvalue weighted by Gasteiger charge is 2.49. The molecule has 0 aliphatic carbocycles. The molecule has 0 bridgehead atoms. The van der Waals surface area contributed by atoms with Crippen LogP contribution < -0.4 is 5.43 Å². The van der Waals surface area contributed by atoms with Crippen LogP contribution >= 0.6 is 11.3 Å². The number of benzene rings is 1. The van der Waals surface area contributed by atoms with Crippen molar-refractivity contribution in [3.63, 3.8) is 0 Å². The van der Waals surface area contributed by atoms with Crippen LogP contribution in [0.15, 0.2) is 35.3 Å². The van der Waals surface area contributed by atoms with Crippen LogP contribution in [-0.2, 0) is 16.8 Å². The molecule has 0 fully saturated rings. The second kappa shape index (κ2) is 9.45. The molecule has 1 N–H and O–H groups in total. The van der Waals surface area contributed by atoms with Crippen molar-refractivity contribution in [1.82, 2.24) is 24.6 Å². The number of carbonyl (C=O) groups excluding carboxylic acids is 2. The summed E-state index contributed by atoms with van der Waals surface area (Å²) < 4.78 is 14.7. The van der Waals surface area contributed by atoms with Gasteiger partial charge in [0, 0.05) is 32.8 Å². The lowest BCUT2D eigenvalue weighted by atomic mass is 9.88. The van der Waals surface area contributed by atoms with Crippen molar-refractivity contribution >= 4 is 23.2 Å². The van der Waals surface area contributed by atoms with Crippen LogP contribution in [0, 0.1) is 5.82 Å². The second-order valence-electron chi connectivity index (χ2n) is 9.35. The Morgan fingerprint density at radius 2 is 1.89 bits per heavy atom. The number of hydrogen-bond donors (Lipinski definition) is 1. The third kappa shape index (κ3) is 4.17. The minimum absolute atomic E-state index is 0.0503. The van der Waals surface area contributed by atoms with E-state index in [1.54, 1.807) is 26.2 Å². The van der Waals surface area contributed by atoms with Crippen LogP contribution in [0.4, 0.5) is 4.39 Å². The highest BCUT2D eigenvalue weighted by Crippen LogP contribution is 2.37. The van der Waals surface area contributed by atoms with Crippen molar-refractivity contribution in [2.24, 2.45) is 0 Å². The Morgan fingerprint density at radius 3 is 2.47 bits per heavy atom. The number of carbonyl (C=O) groups is 2. The summed E-state index contributed by atoms with van der Waals surface area (Å²) in [6.07, 6.45) is 2.15. The van der Waals surface area contributed by atoms with Gasteiger partial charge in [-0.25, -0.2) is 4.39 Å². The van der Waals surface area contributed by atoms with E-state index in [1.165, 1.54) is 32.7 Å². The number of nitrogens with zero attached hydrogens (tertiary/aromatic N) is 5. The average Bonchev–Trinajstić information content (AvgIpc) is 3.30. The van der Waals surface area contributed by atoms with E-state index in [9.17, 15) is 23.9 Å². The summed E-state index contributed by atoms with van der Waals surface area (Å²) in [6, 6.07) is 5.75. The molecular weight excluding hydrogens is 485 g/mol. The van der Waals surface area contributed by atoms with E-state index in [-0.39, 0.29) is 40.6 Å². The summed E-state index contributed by atoms with van der Waals surface area (Å²) in [5.41, 5.74) is -1.32. The lowest BCUT2D eigenvalue weighted by Gasteiger charge is -2.46. The number of amides is 2. The topological polar surface area (TPSA) is 109 Å². The summed E-state index contributed by atoms with van der Waals surface area (Å²) in [7, 11) is 3.26. The maximum atomic E-state index is 13.5. The van der Waals surface area contributed by atoms with Crippen LogP contribution in [0.1, 0.15) is 48.3 Å². The maximum Gasteiger partial charge on any atom is 0.274 e. The lowest BCUT2D eigenvalue weighted by Crippen LogP contribution is -2.62. The predicted octanol–water partition coefficient (Wildman–Crippen LogP) is 2.86. The molecule has 190 valence electrons. The average molecular weight is 514 g/mol. The number of rotatable bonds is 6. The van der Waals surface area contributed by atoms with Gasteiger partial charge in [-0.15, -0.1) is 10.2 Å². The van der Waals surface area contributed by atoms with E-state index in [0.717, 1.165) is 16.9 Å². The molecule has 3 aromatic rings. The van der Waals surface area contributed by atoms with Gasteiger partial charge >= 0.3 is 0 Å². The maximum absolute atomic E-state index is 13.5. The Kier molecular flexibility index (Phi) is 6.70. The summed E-state index contributed by atoms with van der Waals surface area (Å²) in [5, 5.41) is 20.1. The molecule has 2 amide bonds. The Balaban J connectivity index is 1.87. The van der Waals surface area contributed by atoms with Gasteiger partial charge in [0.05, 0.1) is 12.1 Å². The van der Waals surface area contributed by atoms with Gasteiger partial charge in [-0.05, 0) is 38.0 Å². The highest BCUT2D eigenvalue weighted by atomic mass is 32.1. The SMILES string of the molecule is CC[C@]1(C(=O)N(C)C)CN(C(C)C)C(=O)c2c(O)c(=O)c(-c3nnc(Cc4ccc(F)cc4)s3)cn21. The molecule has 0 saturated heterocycles. The molecule has 36 heavy (non-hydrogen) atoms. The zero-order chi connectivity index (χ0) is 26.4. The minimum atomic E-state index is -1.22. The molecule has 0 saturated carbocycles. The minimum Gasteiger partial charge on any atom is -0.503 e. The highest BCUT2D eigenvalue weighted by molar-refractivity contribution is 7.14. The first kappa shape index (κ1) is 25.5. The normalized spacial score (nSPS) is 17.4. The van der Waals surface area contributed by atoms with Crippen LogP contribution in [0.25, 0.3) is 10.6 Å². The number of aromatic nitrogens is 3. The predicted molar refractivity (Wildman–Crippen MR) is 134 cm³/mol. The Hall–Kier alpha value is -3.60. The largest absolute Gasteiger partial charge is 0.503 e. The van der Waals surface area contributed by atoms with Gasteiger partial charge < -0.3 is 19.5 Å². The van der Waals surface area contributed by atoms with Crippen molar-refractivity contribution in [2.75, 3.05) is 20.6 Å². The molecule has 4 rings (SSSR count). The lowest BCUT2D eigenvalue weighted by molar-refractivity contribution is -0.140. The van der Waals surface area contributed by atoms with Crippen molar-refractivity contribution in [2.45, 2.75) is 45.2 Å². The van der Waals surface area contributed by atoms with Crippen molar-refractivity contribution in [1.29, 1.82) is 0 Å². The summed E-state index contributed by atoms with van der Waals surface area (Å²) in [4.78, 5) is 43.0. The van der Waals surface area contributed by atoms with Gasteiger partial charge in [0.25, 0.3) is 5.91 Å². The third-order valence-electron chi connectivity index (χ3n) is 6.52. The summed E-state index contributed by atoms with van der Waals surface area (Å²) in [5.74, 6) is -1.84. The molecule has 1 aliphatic heterocycles. The Labute approximate surface area is 211 Å². The summed E-state index contributed by atoms with van der Waals surface area (Å²) >= 11 is 1.16. The molecular formula is C25H28FN5O4S. The van der Waals surface area contributed by atoms with Crippen LogP contribution in [-0.4, -0.2) is 68.2 Å². The fourth-order valence-corrected chi connectivity index (χ4v) is 5.39. The molecule has 11 heteroatoms. The molecule has 1 aromatic carbocycles. The number of hydrogen-bond acceptors (Lipinski definition) is 7. The molecule has 9 nitrogen and oxygen atoms in total. The van der Waals surface area contributed by atoms with E-state index in [1.807, 2.05) is 20.8 Å². The second-order valence-corrected chi connectivity index (χ2v) is 10.4. The van der Waals surface area contributed by atoms with Gasteiger partial charge in [0.1, 0.15) is 16.4 Å². The van der Waals surface area contributed by atoms with E-state index in [0.29, 0.717) is 17.8 Å². The van der Waals surface area contributed by atoms with E-state index >= 15 is 0 Å². The molecule has 0 radical (unpaired) electrons. The van der Waals surface area contributed by atoms with Gasteiger partial charge in [-0.3, -0.25) is 14.4 Å². The van der Waals surface area contributed by atoms with Gasteiger partial charge in [-0.1, -0.05) is 30.4 Å². The molecule has 1 aliphatic rings. The van der Waals surface area contributed by atoms with Crippen LogP contribution in [0.5, 0.6) is 5.75 Å². The van der Waals surface area contributed by atoms with Gasteiger partial charge in [-0.2, -0.15) is 0 Å². The Morgan fingerprint density at radius 1 is 1.22 bits per heavy atom. The number of likely N-dealkylation sites (N-methyl/N-ethyl adjacent to an activating group) is 1. The first-order valence-electron chi connectivity index (χ1n) is 11.6. The van der Waals surface area contributed by atoms with E-state index in [4.69, 9.17) is 0 Å². The molecule has 0 unspecified atom stereocenters. The third-order valence-corrected chi connectivity index (χ3v) is 7.47. The summed E-state index contributed by atoms with van der Waals surface area (Å²) in [6.45, 7) is 5.57. The first-order valence-corrected chi connectivity index (χ1v) is 12.4. The van der Waals surface area contributed by atoms with Crippen LogP contribution in [0.2, 0.25) is 0 Å². The van der Waals surface area contributed by atoms with Crippen molar-refractivity contribution in [3.05, 3.63) is 62.8 Å². The van der Waals surface area contributed by atoms with Crippen LogP contribution in [0.3, 0.4) is 0 Å². The monoisotopic (exact) mass is 513 g/mol. The van der Waals surface area contributed by atoms with E-state index < -0.39 is 22.6 Å². The molecule has 1 atom stereocenters. The number of halogens is 1. The molecule has 0 spiro atoms. The van der Waals surface area contributed by atoms with Crippen molar-refractivity contribution in [3.8, 4) is 16.3 Å². The van der Waals surface area contributed by atoms with Gasteiger partial charge in [0.2, 0.25) is 11.3 Å². The fourth-order valence-electron chi connectivity index (χ4n) is 4.51. The first-order chi connectivity index (χ1) is 17.0. The Bertz CT molecular complexity index is 1380. The van der Waals surface area contributed by atoms with Gasteiger partial charge in [0.15, 0.2) is 16.5 Å².